The molecule has 0 aromatic rings. The molecule has 2 bridgehead atoms. The Bertz CT molecular complexity index is 553. The fraction of sp³-hybridized carbons (Fsp3) is 0.611. The Balaban J connectivity index is 2.26. The molecule has 1 saturated heterocycles. The second kappa shape index (κ2) is 6.91. The van der Waals surface area contributed by atoms with Crippen molar-refractivity contribution >= 4 is 21.9 Å². The molecule has 0 aromatic carbocycles. The lowest BCUT2D eigenvalue weighted by molar-refractivity contribution is -0.134. The molecule has 1 fully saturated rings. The van der Waals surface area contributed by atoms with Crippen molar-refractivity contribution in [3.8, 4) is 0 Å². The third kappa shape index (κ3) is 3.47. The number of esters is 1. The Morgan fingerprint density at radius 3 is 3.00 bits per heavy atom. The van der Waals surface area contributed by atoms with E-state index in [2.05, 4.69) is 42.4 Å². The van der Waals surface area contributed by atoms with Gasteiger partial charge in [-0.2, -0.15) is 0 Å². The molecule has 4 atom stereocenters. The molecule has 0 aromatic heterocycles. The first-order valence-electron chi connectivity index (χ1n) is 7.80. The maximum Gasteiger partial charge on any atom is 0.330 e. The first kappa shape index (κ1) is 18.4. The summed E-state index contributed by atoms with van der Waals surface area (Å²) >= 11 is 3.76. The molecule has 1 N–H and O–H groups in total. The Morgan fingerprint density at radius 2 is 2.39 bits per heavy atom. The molecule has 0 unspecified atom stereocenters. The Hall–Kier alpha value is -0.910. The van der Waals surface area contributed by atoms with Gasteiger partial charge in [-0.05, 0) is 33.1 Å². The number of halogens is 1. The van der Waals surface area contributed by atoms with Crippen molar-refractivity contribution in [2.75, 3.05) is 13.7 Å². The van der Waals surface area contributed by atoms with Crippen molar-refractivity contribution < 1.29 is 19.4 Å². The second-order valence-corrected chi connectivity index (χ2v) is 7.70. The number of hydrogen-bond acceptors (Lipinski definition) is 4. The summed E-state index contributed by atoms with van der Waals surface area (Å²) in [6.45, 7) is 8.33. The molecule has 128 valence electrons. The summed E-state index contributed by atoms with van der Waals surface area (Å²) in [4.78, 5) is 11.6. The molecule has 0 spiro atoms. The van der Waals surface area contributed by atoms with Crippen LogP contribution >= 0.6 is 15.9 Å². The number of carbonyl (C=O) groups excluding carboxylic acids is 1. The number of aliphatic hydroxyl groups excluding tert-OH is 1. The molecule has 2 rings (SSSR count). The van der Waals surface area contributed by atoms with Gasteiger partial charge in [-0.3, -0.25) is 0 Å². The Kier molecular flexibility index (Phi) is 5.54. The maximum absolute atomic E-state index is 11.5. The van der Waals surface area contributed by atoms with Gasteiger partial charge in [0.1, 0.15) is 0 Å². The van der Waals surface area contributed by atoms with Gasteiger partial charge in [-0.25, -0.2) is 4.79 Å². The van der Waals surface area contributed by atoms with E-state index in [1.807, 2.05) is 0 Å². The van der Waals surface area contributed by atoms with Crippen LogP contribution in [0.5, 0.6) is 0 Å². The van der Waals surface area contributed by atoms with E-state index in [0.29, 0.717) is 19.4 Å². The Labute approximate surface area is 146 Å². The highest BCUT2D eigenvalue weighted by Crippen LogP contribution is 2.54. The summed E-state index contributed by atoms with van der Waals surface area (Å²) < 4.78 is 10.7. The van der Waals surface area contributed by atoms with Crippen molar-refractivity contribution in [1.82, 2.24) is 0 Å². The van der Waals surface area contributed by atoms with Crippen LogP contribution in [0.25, 0.3) is 0 Å². The Morgan fingerprint density at radius 1 is 1.70 bits per heavy atom. The van der Waals surface area contributed by atoms with Crippen LogP contribution in [0.15, 0.2) is 36.0 Å². The lowest BCUT2D eigenvalue weighted by atomic mass is 9.68. The summed E-state index contributed by atoms with van der Waals surface area (Å²) in [6, 6.07) is 0. The van der Waals surface area contributed by atoms with Gasteiger partial charge >= 0.3 is 5.97 Å². The van der Waals surface area contributed by atoms with Gasteiger partial charge in [0.15, 0.2) is 0 Å². The van der Waals surface area contributed by atoms with Crippen LogP contribution in [0.1, 0.15) is 33.1 Å². The van der Waals surface area contributed by atoms with Crippen LogP contribution < -0.4 is 0 Å². The van der Waals surface area contributed by atoms with Crippen molar-refractivity contribution in [2.45, 2.75) is 49.6 Å². The van der Waals surface area contributed by atoms with E-state index in [9.17, 15) is 9.90 Å². The van der Waals surface area contributed by atoms with Crippen molar-refractivity contribution in [1.29, 1.82) is 0 Å². The molecular weight excluding hydrogens is 360 g/mol. The average molecular weight is 385 g/mol. The summed E-state index contributed by atoms with van der Waals surface area (Å²) in [5.74, 6) is -0.412. The smallest absolute Gasteiger partial charge is 0.330 e. The number of aliphatic hydroxyl groups is 1. The lowest BCUT2D eigenvalue weighted by Gasteiger charge is -2.41. The van der Waals surface area contributed by atoms with E-state index in [0.717, 1.165) is 12.0 Å². The van der Waals surface area contributed by atoms with E-state index in [1.165, 1.54) is 18.8 Å². The van der Waals surface area contributed by atoms with E-state index >= 15 is 0 Å². The minimum Gasteiger partial charge on any atom is -0.466 e. The van der Waals surface area contributed by atoms with Crippen LogP contribution in [0.3, 0.4) is 0 Å². The summed E-state index contributed by atoms with van der Waals surface area (Å²) in [5.41, 5.74) is 1.25. The van der Waals surface area contributed by atoms with Gasteiger partial charge in [0.05, 0.1) is 35.7 Å². The predicted octanol–water partition coefficient (Wildman–Crippen LogP) is 3.30. The molecule has 0 radical (unpaired) electrons. The predicted molar refractivity (Wildman–Crippen MR) is 93.4 cm³/mol. The molecule has 1 heterocycles. The molecule has 23 heavy (non-hydrogen) atoms. The number of fused-ring (bicyclic) bond motifs is 2. The van der Waals surface area contributed by atoms with Crippen LogP contribution in [0, 0.1) is 5.41 Å². The summed E-state index contributed by atoms with van der Waals surface area (Å²) in [5, 5.41) is 11.0. The average Bonchev–Trinajstić information content (AvgIpc) is 2.65. The highest BCUT2D eigenvalue weighted by molar-refractivity contribution is 9.09. The summed E-state index contributed by atoms with van der Waals surface area (Å²) in [7, 11) is 1.34. The van der Waals surface area contributed by atoms with Crippen molar-refractivity contribution in [3.05, 3.63) is 36.0 Å². The first-order chi connectivity index (χ1) is 10.8. The van der Waals surface area contributed by atoms with Gasteiger partial charge in [-0.1, -0.05) is 39.2 Å². The first-order valence-corrected chi connectivity index (χ1v) is 8.71. The number of allylic oxidation sites excluding steroid dienone is 1. The molecule has 0 saturated carbocycles. The van der Waals surface area contributed by atoms with E-state index in [4.69, 9.17) is 9.47 Å². The molecular formula is C18H25BrO4. The van der Waals surface area contributed by atoms with Gasteiger partial charge in [0.25, 0.3) is 0 Å². The molecule has 2 aliphatic rings. The maximum atomic E-state index is 11.5. The number of hydrogen-bond donors (Lipinski definition) is 1. The SMILES string of the molecule is C=CC/C(=C/C(=O)OC)C[C@@H](O)[C@]12C=C(C)C[C@](C)(OC1)[C@H]2Br. The zero-order chi connectivity index (χ0) is 17.3. The minimum atomic E-state index is -0.653. The third-order valence-electron chi connectivity index (χ3n) is 4.81. The normalized spacial score (nSPS) is 34.7. The number of methoxy groups -OCH3 is 1. The van der Waals surface area contributed by atoms with Crippen molar-refractivity contribution in [2.24, 2.45) is 5.41 Å². The number of carbonyl (C=O) groups is 1. The zero-order valence-electron chi connectivity index (χ0n) is 14.0. The number of alkyl halides is 1. The third-order valence-corrected chi connectivity index (χ3v) is 6.63. The molecule has 1 aliphatic carbocycles. The van der Waals surface area contributed by atoms with E-state index in [1.54, 1.807) is 6.08 Å². The molecule has 0 amide bonds. The lowest BCUT2D eigenvalue weighted by Crippen LogP contribution is -2.48. The van der Waals surface area contributed by atoms with E-state index < -0.39 is 17.5 Å². The van der Waals surface area contributed by atoms with Gasteiger partial charge in [-0.15, -0.1) is 6.58 Å². The van der Waals surface area contributed by atoms with Crippen LogP contribution in [0.2, 0.25) is 0 Å². The fourth-order valence-electron chi connectivity index (χ4n) is 3.74. The molecule has 1 aliphatic heterocycles. The topological polar surface area (TPSA) is 55.8 Å². The molecule has 5 heteroatoms. The largest absolute Gasteiger partial charge is 0.466 e. The second-order valence-electron chi connectivity index (χ2n) is 6.78. The highest BCUT2D eigenvalue weighted by Gasteiger charge is 2.59. The molecule has 4 nitrogen and oxygen atoms in total. The monoisotopic (exact) mass is 384 g/mol. The number of ether oxygens (including phenoxy) is 2. The highest BCUT2D eigenvalue weighted by atomic mass is 79.9. The fourth-order valence-corrected chi connectivity index (χ4v) is 4.60. The quantitative estimate of drug-likeness (QED) is 0.330. The minimum absolute atomic E-state index is 0.0318. The van der Waals surface area contributed by atoms with Gasteiger partial charge in [0, 0.05) is 6.08 Å². The zero-order valence-corrected chi connectivity index (χ0v) is 15.6. The standard InChI is InChI=1S/C18H25BrO4/c1-5-6-13(8-15(21)22-4)7-14(20)18-10-12(2)9-17(3,16(18)19)23-11-18/h5,8,10,14,16,20H,1,6-7,9,11H2,2-4H3/b13-8-/t14-,16-,17+,18+/m1/s1. The van der Waals surface area contributed by atoms with Gasteiger partial charge in [0.2, 0.25) is 0 Å². The van der Waals surface area contributed by atoms with E-state index in [-0.39, 0.29) is 10.4 Å². The van der Waals surface area contributed by atoms with Crippen LogP contribution in [0.4, 0.5) is 0 Å². The van der Waals surface area contributed by atoms with Gasteiger partial charge < -0.3 is 14.6 Å². The van der Waals surface area contributed by atoms with Crippen molar-refractivity contribution in [3.63, 3.8) is 0 Å². The van der Waals surface area contributed by atoms with Crippen LogP contribution in [-0.2, 0) is 14.3 Å². The van der Waals surface area contributed by atoms with Crippen LogP contribution in [-0.4, -0.2) is 41.3 Å². The number of rotatable bonds is 6. The summed E-state index contributed by atoms with van der Waals surface area (Å²) in [6.07, 6.45) is 6.42.